The molecule has 0 aromatic heterocycles. The summed E-state index contributed by atoms with van der Waals surface area (Å²) >= 11 is 0. The molecule has 0 amide bonds. The van der Waals surface area contributed by atoms with Gasteiger partial charge in [0.15, 0.2) is 12.2 Å². The predicted octanol–water partition coefficient (Wildman–Crippen LogP) is 28.2. The first kappa shape index (κ1) is 108. The zero-order valence-corrected chi connectivity index (χ0v) is 74.4. The van der Waals surface area contributed by atoms with Gasteiger partial charge in [-0.2, -0.15) is 0 Å². The predicted molar refractivity (Wildman–Crippen MR) is 455 cm³/mol. The highest BCUT2D eigenvalue weighted by Gasteiger charge is 2.31. The Balaban J connectivity index is 5.23. The topological polar surface area (TPSA) is 237 Å². The molecule has 0 saturated carbocycles. The standard InChI is InChI=1S/C91H178O17P2/c1-7-10-12-14-16-18-20-22-23-24-25-26-27-31-34-37-44-50-56-62-68-74-89(94)102-80-87(107-90(95)75-69-63-57-51-45-38-35-32-29-28-30-33-36-42-48-54-60-66-72-84(6)9-3)82-106-110(99,100)104-78-85(92)77-103-109(97,98)105-81-86(79-101-88(93)73-67-61-55-49-43-21-19-17-15-13-11-8-2)108-91(96)76-70-64-58-52-46-40-39-41-47-53-59-65-71-83(4)5/h83-87,92H,7-82H2,1-6H3,(H,97,98)(H,99,100)/t84?,85-,86+,87+/m0/s1. The Morgan fingerprint density at radius 2 is 0.464 bits per heavy atom. The molecule has 17 nitrogen and oxygen atoms in total. The lowest BCUT2D eigenvalue weighted by atomic mass is 9.99. The van der Waals surface area contributed by atoms with Crippen LogP contribution in [0.4, 0.5) is 0 Å². The molecule has 0 radical (unpaired) electrons. The van der Waals surface area contributed by atoms with E-state index in [0.717, 1.165) is 102 Å². The number of esters is 4. The number of hydrogen-bond donors (Lipinski definition) is 3. The van der Waals surface area contributed by atoms with E-state index >= 15 is 0 Å². The number of carbonyl (C=O) groups excluding carboxylic acids is 4. The van der Waals surface area contributed by atoms with E-state index in [2.05, 4.69) is 41.5 Å². The van der Waals surface area contributed by atoms with Gasteiger partial charge in [-0.1, -0.05) is 440 Å². The van der Waals surface area contributed by atoms with Crippen molar-refractivity contribution in [2.75, 3.05) is 39.6 Å². The van der Waals surface area contributed by atoms with Crippen molar-refractivity contribution < 1.29 is 80.2 Å². The number of carbonyl (C=O) groups is 4. The van der Waals surface area contributed by atoms with Crippen LogP contribution in [0.3, 0.4) is 0 Å². The van der Waals surface area contributed by atoms with Gasteiger partial charge in [-0.15, -0.1) is 0 Å². The van der Waals surface area contributed by atoms with Gasteiger partial charge in [0.1, 0.15) is 19.3 Å². The van der Waals surface area contributed by atoms with E-state index in [4.69, 9.17) is 37.0 Å². The maximum absolute atomic E-state index is 13.2. The summed E-state index contributed by atoms with van der Waals surface area (Å²) in [4.78, 5) is 73.4. The Hall–Kier alpha value is -1.94. The molecule has 0 aromatic carbocycles. The van der Waals surface area contributed by atoms with Crippen LogP contribution in [0.1, 0.15) is 491 Å². The van der Waals surface area contributed by atoms with Crippen molar-refractivity contribution in [2.24, 2.45) is 11.8 Å². The highest BCUT2D eigenvalue weighted by Crippen LogP contribution is 2.45. The number of ether oxygens (including phenoxy) is 4. The van der Waals surface area contributed by atoms with Gasteiger partial charge >= 0.3 is 39.5 Å². The van der Waals surface area contributed by atoms with Gasteiger partial charge in [0.25, 0.3) is 0 Å². The molecule has 3 N–H and O–H groups in total. The SMILES string of the molecule is CCCCCCCCCCCCCCCCCCCCCCCC(=O)OC[C@H](COP(=O)(O)OC[C@@H](O)COP(=O)(O)OC[C@@H](COC(=O)CCCCCCCCCCCCCC)OC(=O)CCCCCCCCCCCCCCC(C)C)OC(=O)CCCCCCCCCCCCCCCCCCCCC(C)CC. The molecule has 654 valence electrons. The van der Waals surface area contributed by atoms with Gasteiger partial charge < -0.3 is 33.8 Å². The van der Waals surface area contributed by atoms with Crippen LogP contribution in [0.25, 0.3) is 0 Å². The molecular weight excluding hydrogens is 1430 g/mol. The normalized spacial score (nSPS) is 14.0. The summed E-state index contributed by atoms with van der Waals surface area (Å²) in [5, 5.41) is 10.7. The Bertz CT molecular complexity index is 2100. The summed E-state index contributed by atoms with van der Waals surface area (Å²) in [6.45, 7) is 9.78. The van der Waals surface area contributed by atoms with E-state index in [1.165, 1.54) is 308 Å². The maximum Gasteiger partial charge on any atom is 0.472 e. The highest BCUT2D eigenvalue weighted by molar-refractivity contribution is 7.47. The van der Waals surface area contributed by atoms with Gasteiger partial charge in [-0.05, 0) is 37.5 Å². The van der Waals surface area contributed by atoms with Crippen molar-refractivity contribution in [3.8, 4) is 0 Å². The lowest BCUT2D eigenvalue weighted by Crippen LogP contribution is -2.30. The van der Waals surface area contributed by atoms with E-state index in [9.17, 15) is 43.2 Å². The zero-order valence-electron chi connectivity index (χ0n) is 72.6. The fourth-order valence-electron chi connectivity index (χ4n) is 14.3. The minimum absolute atomic E-state index is 0.108. The molecule has 0 heterocycles. The zero-order chi connectivity index (χ0) is 80.6. The van der Waals surface area contributed by atoms with Crippen molar-refractivity contribution in [1.82, 2.24) is 0 Å². The van der Waals surface area contributed by atoms with E-state index in [1.807, 2.05) is 0 Å². The number of unbranched alkanes of at least 4 members (excludes halogenated alkanes) is 59. The van der Waals surface area contributed by atoms with E-state index in [1.54, 1.807) is 0 Å². The summed E-state index contributed by atoms with van der Waals surface area (Å²) < 4.78 is 69.1. The van der Waals surface area contributed by atoms with Crippen LogP contribution in [0.5, 0.6) is 0 Å². The van der Waals surface area contributed by atoms with Crippen LogP contribution in [0.2, 0.25) is 0 Å². The monoisotopic (exact) mass is 1610 g/mol. The van der Waals surface area contributed by atoms with Crippen molar-refractivity contribution in [3.63, 3.8) is 0 Å². The smallest absolute Gasteiger partial charge is 0.462 e. The van der Waals surface area contributed by atoms with Crippen molar-refractivity contribution in [1.29, 1.82) is 0 Å². The highest BCUT2D eigenvalue weighted by atomic mass is 31.2. The molecule has 0 rings (SSSR count). The molecule has 0 aliphatic carbocycles. The third kappa shape index (κ3) is 82.6. The fraction of sp³-hybridized carbons (Fsp3) is 0.956. The molecule has 6 atom stereocenters. The van der Waals surface area contributed by atoms with Crippen LogP contribution in [-0.2, 0) is 65.4 Å². The van der Waals surface area contributed by atoms with Gasteiger partial charge in [0.2, 0.25) is 0 Å². The first-order valence-electron chi connectivity index (χ1n) is 47.0. The second kappa shape index (κ2) is 82.2. The number of phosphoric acid groups is 2. The summed E-state index contributed by atoms with van der Waals surface area (Å²) in [5.41, 5.74) is 0. The number of aliphatic hydroxyl groups is 1. The number of rotatable bonds is 90. The third-order valence-corrected chi connectivity index (χ3v) is 23.7. The first-order chi connectivity index (χ1) is 53.4. The Morgan fingerprint density at radius 3 is 0.691 bits per heavy atom. The number of aliphatic hydroxyl groups excluding tert-OH is 1. The summed E-state index contributed by atoms with van der Waals surface area (Å²) in [6, 6.07) is 0. The number of phosphoric ester groups is 2. The van der Waals surface area contributed by atoms with E-state index in [-0.39, 0.29) is 25.7 Å². The first-order valence-corrected chi connectivity index (χ1v) is 50.0. The van der Waals surface area contributed by atoms with Crippen LogP contribution < -0.4 is 0 Å². The summed E-state index contributed by atoms with van der Waals surface area (Å²) in [7, 11) is -9.93. The summed E-state index contributed by atoms with van der Waals surface area (Å²) in [5.74, 6) is -0.448. The lowest BCUT2D eigenvalue weighted by molar-refractivity contribution is -0.161. The van der Waals surface area contributed by atoms with Gasteiger partial charge in [-0.25, -0.2) is 9.13 Å². The van der Waals surface area contributed by atoms with E-state index in [0.29, 0.717) is 25.7 Å². The number of hydrogen-bond acceptors (Lipinski definition) is 15. The maximum atomic E-state index is 13.2. The largest absolute Gasteiger partial charge is 0.472 e. The Morgan fingerprint density at radius 1 is 0.264 bits per heavy atom. The second-order valence-corrected chi connectivity index (χ2v) is 36.3. The molecule has 0 fully saturated rings. The van der Waals surface area contributed by atoms with Crippen molar-refractivity contribution in [2.45, 2.75) is 509 Å². The van der Waals surface area contributed by atoms with Crippen LogP contribution in [-0.4, -0.2) is 96.7 Å². The molecule has 19 heteroatoms. The third-order valence-electron chi connectivity index (χ3n) is 21.8. The molecular formula is C91H178O17P2. The Kier molecular flexibility index (Phi) is 80.7. The van der Waals surface area contributed by atoms with Crippen LogP contribution >= 0.6 is 15.6 Å². The van der Waals surface area contributed by atoms with Gasteiger partial charge in [0, 0.05) is 25.7 Å². The second-order valence-electron chi connectivity index (χ2n) is 33.4. The molecule has 3 unspecified atom stereocenters. The van der Waals surface area contributed by atoms with Crippen molar-refractivity contribution in [3.05, 3.63) is 0 Å². The molecule has 0 aliphatic rings. The molecule has 110 heavy (non-hydrogen) atoms. The molecule has 0 saturated heterocycles. The van der Waals surface area contributed by atoms with Crippen LogP contribution in [0.15, 0.2) is 0 Å². The molecule has 0 spiro atoms. The molecule has 0 bridgehead atoms. The Labute approximate surface area is 677 Å². The average Bonchev–Trinajstić information content (AvgIpc) is 0.897. The van der Waals surface area contributed by atoms with E-state index < -0.39 is 97.5 Å². The minimum Gasteiger partial charge on any atom is -0.462 e. The molecule has 0 aromatic rings. The van der Waals surface area contributed by atoms with Gasteiger partial charge in [-0.3, -0.25) is 37.3 Å². The average molecular weight is 1610 g/mol. The lowest BCUT2D eigenvalue weighted by Gasteiger charge is -2.21. The molecule has 0 aliphatic heterocycles. The van der Waals surface area contributed by atoms with Gasteiger partial charge in [0.05, 0.1) is 26.4 Å². The summed E-state index contributed by atoms with van der Waals surface area (Å²) in [6.07, 6.45) is 76.4. The quantitative estimate of drug-likeness (QED) is 0.0222. The fourth-order valence-corrected chi connectivity index (χ4v) is 15.9. The minimum atomic E-state index is -4.97. The van der Waals surface area contributed by atoms with Crippen molar-refractivity contribution >= 4 is 39.5 Å². The van der Waals surface area contributed by atoms with Crippen LogP contribution in [0, 0.1) is 11.8 Å².